The van der Waals surface area contributed by atoms with Crippen LogP contribution in [0.5, 0.6) is 0 Å². The maximum atomic E-state index is 11.7. The lowest BCUT2D eigenvalue weighted by molar-refractivity contribution is -0.131. The van der Waals surface area contributed by atoms with E-state index < -0.39 is 10.1 Å². The molecule has 1 unspecified atom stereocenters. The van der Waals surface area contributed by atoms with Crippen molar-refractivity contribution in [1.82, 2.24) is 0 Å². The summed E-state index contributed by atoms with van der Waals surface area (Å²) in [6.45, 7) is 3.12. The van der Waals surface area contributed by atoms with Gasteiger partial charge in [0.05, 0.1) is 0 Å². The molecule has 0 aliphatic carbocycles. The summed E-state index contributed by atoms with van der Waals surface area (Å²) in [5, 5.41) is 0. The summed E-state index contributed by atoms with van der Waals surface area (Å²) in [4.78, 5) is 0. The Balaban J connectivity index is 3.88. The molecule has 4 heteroatoms. The van der Waals surface area contributed by atoms with E-state index in [4.69, 9.17) is 0 Å². The molecule has 0 amide bonds. The summed E-state index contributed by atoms with van der Waals surface area (Å²) in [6, 6.07) is 0. The second-order valence-electron chi connectivity index (χ2n) is 2.19. The fourth-order valence-corrected chi connectivity index (χ4v) is 0.378. The maximum absolute atomic E-state index is 11.7. The van der Waals surface area contributed by atoms with Gasteiger partial charge < -0.3 is 0 Å². The van der Waals surface area contributed by atoms with Gasteiger partial charge in [-0.2, -0.15) is 13.2 Å². The van der Waals surface area contributed by atoms with E-state index >= 15 is 0 Å². The molecule has 0 rings (SSSR count). The van der Waals surface area contributed by atoms with E-state index in [-0.39, 0.29) is 5.92 Å². The van der Waals surface area contributed by atoms with Crippen molar-refractivity contribution in [3.8, 4) is 0 Å². The SMILES string of the molecule is CC(C)C(I)C(F)(F)F. The topological polar surface area (TPSA) is 0 Å². The van der Waals surface area contributed by atoms with E-state index in [9.17, 15) is 13.2 Å². The summed E-state index contributed by atoms with van der Waals surface area (Å²) < 4.78 is 33.9. The third-order valence-corrected chi connectivity index (χ3v) is 3.04. The van der Waals surface area contributed by atoms with Crippen LogP contribution in [0.4, 0.5) is 13.2 Å². The quantitative estimate of drug-likeness (QED) is 0.497. The minimum atomic E-state index is -4.03. The van der Waals surface area contributed by atoms with Crippen molar-refractivity contribution < 1.29 is 13.2 Å². The molecule has 0 aliphatic rings. The highest BCUT2D eigenvalue weighted by Crippen LogP contribution is 2.31. The van der Waals surface area contributed by atoms with Crippen LogP contribution < -0.4 is 0 Å². The van der Waals surface area contributed by atoms with Crippen LogP contribution in [-0.4, -0.2) is 10.1 Å². The van der Waals surface area contributed by atoms with Gasteiger partial charge in [0.25, 0.3) is 0 Å². The first kappa shape index (κ1) is 9.52. The molecule has 0 spiro atoms. The molecule has 9 heavy (non-hydrogen) atoms. The van der Waals surface area contributed by atoms with Gasteiger partial charge in [0.1, 0.15) is 3.92 Å². The Morgan fingerprint density at radius 2 is 1.56 bits per heavy atom. The Hall–Kier alpha value is 0.520. The van der Waals surface area contributed by atoms with E-state index in [2.05, 4.69) is 0 Å². The molecule has 0 saturated heterocycles. The molecule has 0 nitrogen and oxygen atoms in total. The fraction of sp³-hybridized carbons (Fsp3) is 1.00. The zero-order chi connectivity index (χ0) is 7.65. The van der Waals surface area contributed by atoms with E-state index in [1.807, 2.05) is 0 Å². The van der Waals surface area contributed by atoms with Crippen LogP contribution in [0.3, 0.4) is 0 Å². The normalized spacial score (nSPS) is 16.3. The Morgan fingerprint density at radius 1 is 1.22 bits per heavy atom. The van der Waals surface area contributed by atoms with Crippen molar-refractivity contribution in [3.63, 3.8) is 0 Å². The fourth-order valence-electron chi connectivity index (χ4n) is 0.378. The zero-order valence-corrected chi connectivity index (χ0v) is 7.32. The van der Waals surface area contributed by atoms with Crippen LogP contribution in [-0.2, 0) is 0 Å². The predicted molar refractivity (Wildman–Crippen MR) is 38.7 cm³/mol. The summed E-state index contributed by atoms with van der Waals surface area (Å²) in [6.07, 6.45) is -4.03. The summed E-state index contributed by atoms with van der Waals surface area (Å²) in [5.41, 5.74) is 0. The average molecular weight is 252 g/mol. The van der Waals surface area contributed by atoms with Gasteiger partial charge in [-0.15, -0.1) is 0 Å². The number of hydrogen-bond donors (Lipinski definition) is 0. The first-order valence-electron chi connectivity index (χ1n) is 2.56. The molecule has 0 aliphatic heterocycles. The minimum Gasteiger partial charge on any atom is -0.170 e. The Bertz CT molecular complexity index is 86.7. The van der Waals surface area contributed by atoms with Crippen LogP contribution in [0.15, 0.2) is 0 Å². The molecule has 0 radical (unpaired) electrons. The van der Waals surface area contributed by atoms with Gasteiger partial charge in [-0.1, -0.05) is 36.4 Å². The number of hydrogen-bond acceptors (Lipinski definition) is 0. The van der Waals surface area contributed by atoms with Crippen molar-refractivity contribution in [2.24, 2.45) is 5.92 Å². The lowest BCUT2D eigenvalue weighted by atomic mass is 10.1. The predicted octanol–water partition coefficient (Wildman–Crippen LogP) is 3.01. The van der Waals surface area contributed by atoms with E-state index in [1.165, 1.54) is 22.6 Å². The molecular weight excluding hydrogens is 244 g/mol. The van der Waals surface area contributed by atoms with E-state index in [0.717, 1.165) is 0 Å². The molecule has 0 bridgehead atoms. The standard InChI is InChI=1S/C5H8F3I/c1-3(2)4(9)5(6,7)8/h3-4H,1-2H3. The Kier molecular flexibility index (Phi) is 3.25. The summed E-state index contributed by atoms with van der Waals surface area (Å²) in [7, 11) is 0. The monoisotopic (exact) mass is 252 g/mol. The van der Waals surface area contributed by atoms with Crippen molar-refractivity contribution in [1.29, 1.82) is 0 Å². The van der Waals surface area contributed by atoms with Gasteiger partial charge in [-0.25, -0.2) is 0 Å². The zero-order valence-electron chi connectivity index (χ0n) is 5.17. The molecule has 0 aromatic carbocycles. The van der Waals surface area contributed by atoms with Crippen LogP contribution in [0, 0.1) is 5.92 Å². The largest absolute Gasteiger partial charge is 0.400 e. The van der Waals surface area contributed by atoms with E-state index in [0.29, 0.717) is 0 Å². The van der Waals surface area contributed by atoms with Crippen molar-refractivity contribution in [2.75, 3.05) is 0 Å². The summed E-state index contributed by atoms with van der Waals surface area (Å²) >= 11 is 1.41. The first-order chi connectivity index (χ1) is 3.85. The van der Waals surface area contributed by atoms with Gasteiger partial charge >= 0.3 is 6.18 Å². The van der Waals surface area contributed by atoms with Crippen LogP contribution in [0.2, 0.25) is 0 Å². The van der Waals surface area contributed by atoms with Gasteiger partial charge in [-0.05, 0) is 5.92 Å². The lowest BCUT2D eigenvalue weighted by Crippen LogP contribution is -2.27. The molecule has 0 fully saturated rings. The second-order valence-corrected chi connectivity index (χ2v) is 3.53. The van der Waals surface area contributed by atoms with Gasteiger partial charge in [-0.3, -0.25) is 0 Å². The van der Waals surface area contributed by atoms with Crippen molar-refractivity contribution in [2.45, 2.75) is 23.9 Å². The average Bonchev–Trinajstić information content (AvgIpc) is 1.62. The number of alkyl halides is 4. The minimum absolute atomic E-state index is 0.328. The van der Waals surface area contributed by atoms with Gasteiger partial charge in [0, 0.05) is 0 Å². The molecule has 0 aromatic rings. The molecule has 56 valence electrons. The van der Waals surface area contributed by atoms with E-state index in [1.54, 1.807) is 13.8 Å². The summed E-state index contributed by atoms with van der Waals surface area (Å²) in [5.74, 6) is -0.328. The first-order valence-corrected chi connectivity index (χ1v) is 3.81. The molecule has 1 atom stereocenters. The van der Waals surface area contributed by atoms with Crippen LogP contribution in [0.25, 0.3) is 0 Å². The molecule has 0 saturated carbocycles. The number of rotatable bonds is 1. The Morgan fingerprint density at radius 3 is 1.56 bits per heavy atom. The molecule has 0 heterocycles. The highest BCUT2D eigenvalue weighted by atomic mass is 127. The van der Waals surface area contributed by atoms with Crippen LogP contribution in [0.1, 0.15) is 13.8 Å². The lowest BCUT2D eigenvalue weighted by Gasteiger charge is -2.16. The smallest absolute Gasteiger partial charge is 0.170 e. The molecule has 0 aromatic heterocycles. The van der Waals surface area contributed by atoms with Gasteiger partial charge in [0.15, 0.2) is 0 Å². The molecular formula is C5H8F3I. The highest BCUT2D eigenvalue weighted by Gasteiger charge is 2.39. The second kappa shape index (κ2) is 3.07. The maximum Gasteiger partial charge on any atom is 0.400 e. The van der Waals surface area contributed by atoms with Crippen molar-refractivity contribution >= 4 is 22.6 Å². The van der Waals surface area contributed by atoms with Crippen molar-refractivity contribution in [3.05, 3.63) is 0 Å². The highest BCUT2D eigenvalue weighted by molar-refractivity contribution is 14.1. The number of halogens is 4. The third-order valence-electron chi connectivity index (χ3n) is 0.898. The van der Waals surface area contributed by atoms with Gasteiger partial charge in [0.2, 0.25) is 0 Å². The third kappa shape index (κ3) is 3.27. The van der Waals surface area contributed by atoms with Crippen LogP contribution >= 0.6 is 22.6 Å². The molecule has 0 N–H and O–H groups in total. The Labute approximate surface area is 66.0 Å².